The summed E-state index contributed by atoms with van der Waals surface area (Å²) in [5, 5.41) is 0. The van der Waals surface area contributed by atoms with E-state index in [0.717, 1.165) is 6.42 Å². The first-order valence-electron chi connectivity index (χ1n) is 8.20. The molecule has 1 aliphatic rings. The summed E-state index contributed by atoms with van der Waals surface area (Å²) >= 11 is 0. The Bertz CT molecular complexity index is 757. The van der Waals surface area contributed by atoms with Gasteiger partial charge >= 0.3 is 11.6 Å². The summed E-state index contributed by atoms with van der Waals surface area (Å²) < 4.78 is 10.6. The number of furan rings is 1. The second-order valence-corrected chi connectivity index (χ2v) is 5.99. The van der Waals surface area contributed by atoms with Gasteiger partial charge in [0.1, 0.15) is 16.7 Å². The number of allylic oxidation sites excluding steroid dienone is 1. The first kappa shape index (κ1) is 18.4. The molecule has 1 heterocycles. The Morgan fingerprint density at radius 2 is 2.28 bits per heavy atom. The van der Waals surface area contributed by atoms with Gasteiger partial charge in [-0.15, -0.1) is 12.3 Å². The molecule has 0 N–H and O–H groups in total. The fraction of sp³-hybridized carbons (Fsp3) is 0.450. The summed E-state index contributed by atoms with van der Waals surface area (Å²) in [5.74, 6) is 2.63. The van der Waals surface area contributed by atoms with Crippen LogP contribution in [0.2, 0.25) is 0 Å². The zero-order valence-corrected chi connectivity index (χ0v) is 14.2. The van der Waals surface area contributed by atoms with Crippen LogP contribution in [0.1, 0.15) is 38.4 Å². The van der Waals surface area contributed by atoms with Crippen molar-refractivity contribution >= 4 is 5.97 Å². The van der Waals surface area contributed by atoms with Crippen LogP contribution in [0.15, 0.2) is 34.5 Å². The fourth-order valence-electron chi connectivity index (χ4n) is 3.41. The van der Waals surface area contributed by atoms with E-state index in [2.05, 4.69) is 15.6 Å². The van der Waals surface area contributed by atoms with Crippen LogP contribution >= 0.6 is 0 Å². The van der Waals surface area contributed by atoms with Gasteiger partial charge in [0, 0.05) is 6.42 Å². The number of terminal acetylenes is 1. The zero-order valence-electron chi connectivity index (χ0n) is 14.2. The van der Waals surface area contributed by atoms with Gasteiger partial charge in [0.15, 0.2) is 6.42 Å². The lowest BCUT2D eigenvalue weighted by molar-refractivity contribution is -0.154. The van der Waals surface area contributed by atoms with E-state index in [9.17, 15) is 4.79 Å². The lowest BCUT2D eigenvalue weighted by Gasteiger charge is -2.35. The van der Waals surface area contributed by atoms with Crippen LogP contribution in [0.25, 0.3) is 9.69 Å². The monoisotopic (exact) mass is 336 g/mol. The van der Waals surface area contributed by atoms with Crippen molar-refractivity contribution in [2.24, 2.45) is 5.41 Å². The first-order chi connectivity index (χ1) is 12.1. The third-order valence-corrected chi connectivity index (χ3v) is 4.54. The minimum atomic E-state index is -1.55. The summed E-state index contributed by atoms with van der Waals surface area (Å²) in [6.07, 6.45) is 11.0. The molecule has 1 aromatic rings. The number of hydrogen-bond donors (Lipinski definition) is 0. The minimum Gasteiger partial charge on any atom is -0.469 e. The Balaban J connectivity index is 2.58. The van der Waals surface area contributed by atoms with Crippen molar-refractivity contribution in [1.82, 2.24) is 0 Å². The third kappa shape index (κ3) is 3.30. The average Bonchev–Trinajstić information content (AvgIpc) is 3.13. The van der Waals surface area contributed by atoms with Crippen LogP contribution in [-0.2, 0) is 16.0 Å². The predicted molar refractivity (Wildman–Crippen MR) is 92.8 cm³/mol. The van der Waals surface area contributed by atoms with Crippen molar-refractivity contribution in [2.75, 3.05) is 6.61 Å². The van der Waals surface area contributed by atoms with Crippen molar-refractivity contribution in [1.29, 1.82) is 0 Å². The largest absolute Gasteiger partial charge is 0.514 e. The molecule has 5 heteroatoms. The highest BCUT2D eigenvalue weighted by atomic mass is 16.5. The molecule has 0 saturated carbocycles. The van der Waals surface area contributed by atoms with Crippen molar-refractivity contribution in [3.63, 3.8) is 0 Å². The number of carbonyl (C=O) groups excluding carboxylic acids is 1. The van der Waals surface area contributed by atoms with Crippen LogP contribution in [-0.4, -0.2) is 18.2 Å². The van der Waals surface area contributed by atoms with E-state index in [1.54, 1.807) is 19.1 Å². The van der Waals surface area contributed by atoms with E-state index >= 15 is 0 Å². The molecule has 1 aliphatic carbocycles. The summed E-state index contributed by atoms with van der Waals surface area (Å²) in [6, 6.07) is 3.44. The molecule has 0 spiro atoms. The van der Waals surface area contributed by atoms with Crippen molar-refractivity contribution < 1.29 is 13.9 Å². The molecular weight excluding hydrogens is 316 g/mol. The third-order valence-electron chi connectivity index (χ3n) is 4.54. The Hall–Kier alpha value is -2.97. The van der Waals surface area contributed by atoms with Gasteiger partial charge in [-0.05, 0) is 38.3 Å². The molecule has 0 amide bonds. The summed E-state index contributed by atoms with van der Waals surface area (Å²) in [5.41, 5.74) is -2.21. The maximum atomic E-state index is 12.8. The lowest BCUT2D eigenvalue weighted by atomic mass is 9.65. The molecule has 1 unspecified atom stereocenters. The highest BCUT2D eigenvalue weighted by Gasteiger charge is 2.61. The predicted octanol–water partition coefficient (Wildman–Crippen LogP) is 4.04. The van der Waals surface area contributed by atoms with Gasteiger partial charge in [-0.2, -0.15) is 0 Å². The molecule has 25 heavy (non-hydrogen) atoms. The Morgan fingerprint density at radius 1 is 1.52 bits per heavy atom. The molecule has 1 aromatic heterocycles. The van der Waals surface area contributed by atoms with E-state index < -0.39 is 17.0 Å². The highest BCUT2D eigenvalue weighted by molar-refractivity contribution is 5.82. The van der Waals surface area contributed by atoms with E-state index in [1.165, 1.54) is 6.26 Å². The molecule has 0 bridgehead atoms. The van der Waals surface area contributed by atoms with Gasteiger partial charge in [0.25, 0.3) is 0 Å². The van der Waals surface area contributed by atoms with Gasteiger partial charge in [-0.25, -0.2) is 22.8 Å². The van der Waals surface area contributed by atoms with Crippen LogP contribution in [0.3, 0.4) is 0 Å². The average molecular weight is 336 g/mol. The summed E-state index contributed by atoms with van der Waals surface area (Å²) in [6.45, 7) is 17.4. The Kier molecular flexibility index (Phi) is 5.68. The van der Waals surface area contributed by atoms with Gasteiger partial charge in [-0.1, -0.05) is 6.08 Å². The number of rotatable bonds is 6. The zero-order chi connectivity index (χ0) is 18.3. The molecule has 1 atom stereocenters. The van der Waals surface area contributed by atoms with Crippen LogP contribution in [0, 0.1) is 30.9 Å². The maximum Gasteiger partial charge on any atom is 0.514 e. The number of nitrogens with zero attached hydrogens (tertiary/aromatic N) is 2. The van der Waals surface area contributed by atoms with E-state index in [4.69, 9.17) is 28.7 Å². The van der Waals surface area contributed by atoms with E-state index in [0.29, 0.717) is 24.2 Å². The quantitative estimate of drug-likeness (QED) is 0.341. The summed E-state index contributed by atoms with van der Waals surface area (Å²) in [4.78, 5) is 20.1. The molecule has 128 valence electrons. The van der Waals surface area contributed by atoms with Crippen molar-refractivity contribution in [2.45, 2.75) is 44.7 Å². The standard InChI is InChI=1S/C20H20N2O3/c1-5-12-19(18(23)24-6-2)13-8-7-11-17(19)20(21-3,22-4)15-16-10-9-14-25-16/h1,9-11,14H,6-8,12-13,15H2,2H3. The first-order valence-corrected chi connectivity index (χ1v) is 8.20. The van der Waals surface area contributed by atoms with Crippen molar-refractivity contribution in [3.05, 3.63) is 58.6 Å². The fourth-order valence-corrected chi connectivity index (χ4v) is 3.41. The normalized spacial score (nSPS) is 19.8. The second-order valence-electron chi connectivity index (χ2n) is 5.99. The van der Waals surface area contributed by atoms with Gasteiger partial charge in [0.2, 0.25) is 0 Å². The molecule has 2 rings (SSSR count). The van der Waals surface area contributed by atoms with Gasteiger partial charge < -0.3 is 9.15 Å². The van der Waals surface area contributed by atoms with Crippen LogP contribution in [0.4, 0.5) is 0 Å². The Labute approximate surface area is 148 Å². The minimum absolute atomic E-state index is 0.0740. The molecule has 0 saturated heterocycles. The molecule has 0 aromatic carbocycles. The maximum absolute atomic E-state index is 12.8. The summed E-state index contributed by atoms with van der Waals surface area (Å²) in [7, 11) is 0. The number of esters is 1. The van der Waals surface area contributed by atoms with Gasteiger partial charge in [-0.3, -0.25) is 4.79 Å². The van der Waals surface area contributed by atoms with Crippen LogP contribution in [0.5, 0.6) is 0 Å². The lowest BCUT2D eigenvalue weighted by Crippen LogP contribution is -2.45. The highest BCUT2D eigenvalue weighted by Crippen LogP contribution is 2.49. The SMILES string of the molecule is [C-]#[N+]C(Cc1ccco1)([N+]#[C-])C1=CCCCC1(CC#C)C(=O)OCC. The molecule has 0 fully saturated rings. The van der Waals surface area contributed by atoms with Crippen molar-refractivity contribution in [3.8, 4) is 12.3 Å². The Morgan fingerprint density at radius 3 is 2.84 bits per heavy atom. The molecule has 0 radical (unpaired) electrons. The van der Waals surface area contributed by atoms with E-state index in [1.807, 2.05) is 6.08 Å². The second kappa shape index (κ2) is 7.73. The number of hydrogen-bond acceptors (Lipinski definition) is 3. The number of ether oxygens (including phenoxy) is 1. The topological polar surface area (TPSA) is 48.2 Å². The van der Waals surface area contributed by atoms with Crippen LogP contribution < -0.4 is 0 Å². The molecular formula is C20H20N2O3. The molecule has 0 aliphatic heterocycles. The number of carbonyl (C=O) groups is 1. The van der Waals surface area contributed by atoms with Gasteiger partial charge in [0.05, 0.1) is 12.9 Å². The molecule has 5 nitrogen and oxygen atoms in total. The smallest absolute Gasteiger partial charge is 0.469 e. The van der Waals surface area contributed by atoms with E-state index in [-0.39, 0.29) is 19.4 Å².